The molecule has 0 unspecified atom stereocenters. The second-order valence-electron chi connectivity index (χ2n) is 6.25. The van der Waals surface area contributed by atoms with Crippen LogP contribution in [0.4, 0.5) is 0 Å². The molecular formula is C20H30F2Ti2+4. The fraction of sp³-hybridized carbons (Fsp3) is 0.500. The van der Waals surface area contributed by atoms with Crippen molar-refractivity contribution < 1.29 is 52.8 Å². The van der Waals surface area contributed by atoms with Crippen LogP contribution in [0.1, 0.15) is 55.6 Å². The smallest absolute Gasteiger partial charge is 1.00 e. The van der Waals surface area contributed by atoms with Crippen molar-refractivity contribution in [3.05, 3.63) is 55.6 Å². The molecule has 4 heteroatoms. The molecular weight excluding hydrogens is 374 g/mol. The minimum absolute atomic E-state index is 0. The van der Waals surface area contributed by atoms with Crippen molar-refractivity contribution in [3.8, 4) is 0 Å². The van der Waals surface area contributed by atoms with Gasteiger partial charge in [0, 0.05) is 0 Å². The Balaban J connectivity index is -0.000000143. The zero-order valence-corrected chi connectivity index (χ0v) is 19.9. The monoisotopic (exact) mass is 404 g/mol. The number of halogens is 2. The van der Waals surface area contributed by atoms with E-state index in [4.69, 9.17) is 0 Å². The van der Waals surface area contributed by atoms with Gasteiger partial charge < -0.3 is 9.41 Å². The summed E-state index contributed by atoms with van der Waals surface area (Å²) in [4.78, 5) is 0. The molecule has 0 radical (unpaired) electrons. The summed E-state index contributed by atoms with van der Waals surface area (Å²) in [5.41, 5.74) is 14.7. The molecule has 0 atom stereocenters. The summed E-state index contributed by atoms with van der Waals surface area (Å²) in [5.74, 6) is 0. The average Bonchev–Trinajstić information content (AvgIpc) is 2.71. The molecule has 0 saturated carbocycles. The Morgan fingerprint density at radius 1 is 0.417 bits per heavy atom. The topological polar surface area (TPSA) is 0 Å². The molecule has 0 aliphatic rings. The Bertz CT molecular complexity index is 418. The molecule has 0 saturated heterocycles. The maximum absolute atomic E-state index is 2.20. The van der Waals surface area contributed by atoms with E-state index < -0.39 is 0 Å². The van der Waals surface area contributed by atoms with Crippen LogP contribution in [0.3, 0.4) is 0 Å². The SMILES string of the molecule is Cc1c(C)c(C)[c-](C)c1C.Cc1c(C)c(C)[c-](C)c1C.[F-].[F-].[Ti+4].[Ti+4]. The Morgan fingerprint density at radius 3 is 0.583 bits per heavy atom. The first kappa shape index (κ1) is 31.7. The maximum atomic E-state index is 2.20. The van der Waals surface area contributed by atoms with E-state index in [9.17, 15) is 0 Å². The van der Waals surface area contributed by atoms with E-state index in [1.54, 1.807) is 0 Å². The molecule has 0 nitrogen and oxygen atoms in total. The van der Waals surface area contributed by atoms with E-state index in [0.717, 1.165) is 0 Å². The summed E-state index contributed by atoms with van der Waals surface area (Å²) in [6.07, 6.45) is 0. The van der Waals surface area contributed by atoms with E-state index in [1.165, 1.54) is 55.6 Å². The van der Waals surface area contributed by atoms with Gasteiger partial charge in [-0.05, 0) is 0 Å². The summed E-state index contributed by atoms with van der Waals surface area (Å²) in [6.45, 7) is 22.0. The van der Waals surface area contributed by atoms with Gasteiger partial charge in [-0.1, -0.05) is 69.2 Å². The van der Waals surface area contributed by atoms with Crippen molar-refractivity contribution in [1.29, 1.82) is 0 Å². The number of hydrogen-bond acceptors (Lipinski definition) is 0. The normalized spacial score (nSPS) is 8.75. The van der Waals surface area contributed by atoms with E-state index in [0.29, 0.717) is 0 Å². The molecule has 0 heterocycles. The molecule has 0 fully saturated rings. The second kappa shape index (κ2) is 12.4. The Labute approximate surface area is 177 Å². The van der Waals surface area contributed by atoms with Crippen LogP contribution in [-0.2, 0) is 43.4 Å². The number of rotatable bonds is 0. The summed E-state index contributed by atoms with van der Waals surface area (Å²) >= 11 is 0. The zero-order valence-electron chi connectivity index (χ0n) is 16.8. The van der Waals surface area contributed by atoms with Gasteiger partial charge in [-0.25, -0.2) is 0 Å². The van der Waals surface area contributed by atoms with Crippen molar-refractivity contribution in [2.45, 2.75) is 69.2 Å². The molecule has 0 aromatic heterocycles. The van der Waals surface area contributed by atoms with Crippen LogP contribution in [0.2, 0.25) is 0 Å². The van der Waals surface area contributed by atoms with Crippen LogP contribution >= 0.6 is 0 Å². The third-order valence-corrected chi connectivity index (χ3v) is 5.62. The van der Waals surface area contributed by atoms with Gasteiger partial charge in [0.25, 0.3) is 0 Å². The van der Waals surface area contributed by atoms with Crippen LogP contribution in [0, 0.1) is 69.2 Å². The van der Waals surface area contributed by atoms with Gasteiger partial charge in [0.15, 0.2) is 0 Å². The molecule has 24 heavy (non-hydrogen) atoms. The van der Waals surface area contributed by atoms with E-state index in [1.807, 2.05) is 0 Å². The Morgan fingerprint density at radius 2 is 0.542 bits per heavy atom. The molecule has 2 aromatic rings. The first-order valence-electron chi connectivity index (χ1n) is 7.50. The van der Waals surface area contributed by atoms with Gasteiger partial charge >= 0.3 is 43.4 Å². The van der Waals surface area contributed by atoms with Crippen molar-refractivity contribution in [2.24, 2.45) is 0 Å². The van der Waals surface area contributed by atoms with Crippen molar-refractivity contribution in [3.63, 3.8) is 0 Å². The largest absolute Gasteiger partial charge is 4.00 e. The van der Waals surface area contributed by atoms with Gasteiger partial charge in [-0.3, -0.25) is 0 Å². The molecule has 2 rings (SSSR count). The van der Waals surface area contributed by atoms with Gasteiger partial charge in [0.1, 0.15) is 0 Å². The van der Waals surface area contributed by atoms with Crippen molar-refractivity contribution >= 4 is 0 Å². The number of hydrogen-bond donors (Lipinski definition) is 0. The zero-order chi connectivity index (χ0) is 15.8. The third-order valence-electron chi connectivity index (χ3n) is 5.62. The predicted octanol–water partition coefficient (Wildman–Crippen LogP) is -0.102. The first-order valence-corrected chi connectivity index (χ1v) is 7.50. The quantitative estimate of drug-likeness (QED) is 0.425. The van der Waals surface area contributed by atoms with Crippen LogP contribution in [0.5, 0.6) is 0 Å². The fourth-order valence-corrected chi connectivity index (χ4v) is 2.81. The standard InChI is InChI=1S/2C10H15.2FH.2Ti/c2*1-6-7(2)9(4)10(5)8(6)3;;;;/h2*1-5H3;2*1H;;/q2*-1;;;2*+4/p-2. The molecule has 0 spiro atoms. The maximum Gasteiger partial charge on any atom is 4.00 e. The minimum Gasteiger partial charge on any atom is -1.00 e. The fourth-order valence-electron chi connectivity index (χ4n) is 2.81. The summed E-state index contributed by atoms with van der Waals surface area (Å²) in [6, 6.07) is 0. The van der Waals surface area contributed by atoms with Gasteiger partial charge in [-0.15, -0.1) is 0 Å². The Kier molecular flexibility index (Phi) is 16.3. The Hall–Kier alpha value is -0.0114. The summed E-state index contributed by atoms with van der Waals surface area (Å²) in [5, 5.41) is 0. The molecule has 0 aliphatic carbocycles. The van der Waals surface area contributed by atoms with Crippen molar-refractivity contribution in [1.82, 2.24) is 0 Å². The third kappa shape index (κ3) is 6.06. The van der Waals surface area contributed by atoms with E-state index in [-0.39, 0.29) is 52.8 Å². The van der Waals surface area contributed by atoms with E-state index >= 15 is 0 Å². The molecule has 2 aromatic carbocycles. The average molecular weight is 404 g/mol. The van der Waals surface area contributed by atoms with E-state index in [2.05, 4.69) is 69.2 Å². The summed E-state index contributed by atoms with van der Waals surface area (Å²) in [7, 11) is 0. The molecule has 0 bridgehead atoms. The molecule has 128 valence electrons. The van der Waals surface area contributed by atoms with Gasteiger partial charge in [-0.2, -0.15) is 55.6 Å². The van der Waals surface area contributed by atoms with Crippen LogP contribution in [-0.4, -0.2) is 0 Å². The summed E-state index contributed by atoms with van der Waals surface area (Å²) < 4.78 is 0. The van der Waals surface area contributed by atoms with Gasteiger partial charge in [0.05, 0.1) is 0 Å². The second-order valence-corrected chi connectivity index (χ2v) is 6.25. The predicted molar refractivity (Wildman–Crippen MR) is 91.4 cm³/mol. The van der Waals surface area contributed by atoms with Crippen LogP contribution < -0.4 is 9.41 Å². The van der Waals surface area contributed by atoms with Crippen LogP contribution in [0.25, 0.3) is 0 Å². The van der Waals surface area contributed by atoms with Gasteiger partial charge in [0.2, 0.25) is 0 Å². The van der Waals surface area contributed by atoms with Crippen molar-refractivity contribution in [2.75, 3.05) is 0 Å². The van der Waals surface area contributed by atoms with Crippen LogP contribution in [0.15, 0.2) is 0 Å². The minimum atomic E-state index is 0. The molecule has 0 amide bonds. The molecule has 0 N–H and O–H groups in total. The molecule has 0 aliphatic heterocycles. The first-order chi connectivity index (χ1) is 9.11.